The molecule has 3 atom stereocenters. The van der Waals surface area contributed by atoms with Crippen LogP contribution in [0.5, 0.6) is 0 Å². The van der Waals surface area contributed by atoms with Crippen LogP contribution in [0, 0.1) is 12.7 Å². The van der Waals surface area contributed by atoms with E-state index < -0.39 is 11.5 Å². The van der Waals surface area contributed by atoms with E-state index in [-0.39, 0.29) is 46.4 Å². The van der Waals surface area contributed by atoms with Crippen LogP contribution < -0.4 is 10.6 Å². The molecule has 4 aromatic rings. The standard InChI is InChI=1S/C31H32ClFN6O3/c1-16(2)24-26(17(3)10-11-34-24)39-29-21(14-22(32)25(35-29)20-8-6-7-9-23(20)33)28(36-31(39)41)38-13-12-37(15-18(38)4)30(40)27-19(5)42-27/h6-11,14,16,18-19,27H,12-13,15H2,1-5H3/t18-,19+,27-/m0/s1. The van der Waals surface area contributed by atoms with Crippen molar-refractivity contribution in [3.8, 4) is 16.9 Å². The molecule has 0 N–H and O–H groups in total. The first-order valence-electron chi connectivity index (χ1n) is 14.1. The number of nitrogens with zero attached hydrogens (tertiary/aromatic N) is 6. The predicted molar refractivity (Wildman–Crippen MR) is 160 cm³/mol. The van der Waals surface area contributed by atoms with Gasteiger partial charge in [-0.15, -0.1) is 0 Å². The Balaban J connectivity index is 1.56. The summed E-state index contributed by atoms with van der Waals surface area (Å²) in [7, 11) is 0. The second kappa shape index (κ2) is 10.7. The minimum atomic E-state index is -0.532. The molecule has 2 saturated heterocycles. The summed E-state index contributed by atoms with van der Waals surface area (Å²) >= 11 is 6.79. The van der Waals surface area contributed by atoms with Crippen LogP contribution in [0.15, 0.2) is 47.4 Å². The Bertz CT molecular complexity index is 1780. The molecule has 2 aliphatic heterocycles. The van der Waals surface area contributed by atoms with Gasteiger partial charge in [0.1, 0.15) is 11.6 Å². The summed E-state index contributed by atoms with van der Waals surface area (Å²) in [6.45, 7) is 11.1. The number of hydrogen-bond acceptors (Lipinski definition) is 7. The third kappa shape index (κ3) is 4.82. The molecule has 6 rings (SSSR count). The second-order valence-corrected chi connectivity index (χ2v) is 11.7. The molecule has 1 amide bonds. The summed E-state index contributed by atoms with van der Waals surface area (Å²) in [5.74, 6) is -0.0688. The number of ether oxygens (including phenoxy) is 1. The van der Waals surface area contributed by atoms with E-state index in [9.17, 15) is 14.0 Å². The number of carbonyl (C=O) groups excluding carboxylic acids is 1. The van der Waals surface area contributed by atoms with E-state index in [4.69, 9.17) is 21.3 Å². The van der Waals surface area contributed by atoms with E-state index in [0.717, 1.165) is 5.56 Å². The number of aromatic nitrogens is 4. The molecule has 0 spiro atoms. The van der Waals surface area contributed by atoms with Crippen molar-refractivity contribution in [2.45, 2.75) is 58.8 Å². The molecule has 1 aromatic carbocycles. The smallest absolute Gasteiger partial charge is 0.355 e. The van der Waals surface area contributed by atoms with Crippen LogP contribution >= 0.6 is 11.6 Å². The fourth-order valence-electron chi connectivity index (χ4n) is 5.75. The molecule has 0 radical (unpaired) electrons. The number of epoxide rings is 1. The fraction of sp³-hybridized carbons (Fsp3) is 0.387. The molecule has 2 fully saturated rings. The normalized spacial score (nSPS) is 20.4. The number of halogens is 2. The molecular weight excluding hydrogens is 559 g/mol. The SMILES string of the molecule is Cc1ccnc(C(C)C)c1-n1c(=O)nc(N2CCN(C(=O)[C@H]3O[C@@H]3C)C[C@@H]2C)c2cc(Cl)c(-c3ccccc3F)nc21. The summed E-state index contributed by atoms with van der Waals surface area (Å²) < 4.78 is 21.8. The van der Waals surface area contributed by atoms with Gasteiger partial charge in [-0.1, -0.05) is 37.6 Å². The maximum Gasteiger partial charge on any atom is 0.355 e. The monoisotopic (exact) mass is 590 g/mol. The van der Waals surface area contributed by atoms with E-state index in [1.165, 1.54) is 10.6 Å². The maximum absolute atomic E-state index is 15.0. The molecule has 218 valence electrons. The molecule has 0 bridgehead atoms. The van der Waals surface area contributed by atoms with Crippen LogP contribution in [0.3, 0.4) is 0 Å². The second-order valence-electron chi connectivity index (χ2n) is 11.3. The molecule has 9 nitrogen and oxygen atoms in total. The van der Waals surface area contributed by atoms with Gasteiger partial charge in [0.2, 0.25) is 0 Å². The lowest BCUT2D eigenvalue weighted by Gasteiger charge is -2.40. The minimum absolute atomic E-state index is 0.00340. The summed E-state index contributed by atoms with van der Waals surface area (Å²) in [4.78, 5) is 44.7. The number of hydrogen-bond donors (Lipinski definition) is 0. The van der Waals surface area contributed by atoms with Crippen molar-refractivity contribution in [3.63, 3.8) is 0 Å². The minimum Gasteiger partial charge on any atom is -0.359 e. The predicted octanol–water partition coefficient (Wildman–Crippen LogP) is 4.89. The number of amides is 1. The topological polar surface area (TPSA) is 96.8 Å². The number of carbonyl (C=O) groups is 1. The van der Waals surface area contributed by atoms with Crippen molar-refractivity contribution in [3.05, 3.63) is 75.2 Å². The Labute approximate surface area is 247 Å². The van der Waals surface area contributed by atoms with Crippen LogP contribution in [0.4, 0.5) is 10.2 Å². The lowest BCUT2D eigenvalue weighted by Crippen LogP contribution is -2.55. The summed E-state index contributed by atoms with van der Waals surface area (Å²) in [6, 6.07) is 9.65. The highest BCUT2D eigenvalue weighted by molar-refractivity contribution is 6.33. The highest BCUT2D eigenvalue weighted by atomic mass is 35.5. The molecule has 3 aromatic heterocycles. The maximum atomic E-state index is 15.0. The van der Waals surface area contributed by atoms with Crippen molar-refractivity contribution in [2.24, 2.45) is 0 Å². The number of aryl methyl sites for hydroxylation is 1. The van der Waals surface area contributed by atoms with Crippen molar-refractivity contribution in [1.29, 1.82) is 0 Å². The molecule has 0 unspecified atom stereocenters. The molecular formula is C31H32ClFN6O3. The van der Waals surface area contributed by atoms with Gasteiger partial charge in [0, 0.05) is 37.4 Å². The number of pyridine rings is 2. The first-order valence-corrected chi connectivity index (χ1v) is 14.5. The number of fused-ring (bicyclic) bond motifs is 1. The van der Waals surface area contributed by atoms with Gasteiger partial charge in [-0.3, -0.25) is 9.78 Å². The van der Waals surface area contributed by atoms with Crippen molar-refractivity contribution in [1.82, 2.24) is 24.4 Å². The van der Waals surface area contributed by atoms with Crippen molar-refractivity contribution < 1.29 is 13.9 Å². The van der Waals surface area contributed by atoms with Gasteiger partial charge in [0.25, 0.3) is 5.91 Å². The summed E-state index contributed by atoms with van der Waals surface area (Å²) in [6.07, 6.45) is 1.27. The number of rotatable bonds is 5. The number of anilines is 1. The van der Waals surface area contributed by atoms with Crippen LogP contribution in [0.25, 0.3) is 28.0 Å². The molecule has 5 heterocycles. The van der Waals surface area contributed by atoms with Gasteiger partial charge < -0.3 is 14.5 Å². The van der Waals surface area contributed by atoms with Crippen LogP contribution in [-0.4, -0.2) is 68.2 Å². The van der Waals surface area contributed by atoms with Gasteiger partial charge >= 0.3 is 5.69 Å². The number of benzene rings is 1. The van der Waals surface area contributed by atoms with E-state index in [1.807, 2.05) is 45.6 Å². The first kappa shape index (κ1) is 28.2. The van der Waals surface area contributed by atoms with Gasteiger partial charge in [0.05, 0.1) is 33.6 Å². The zero-order valence-corrected chi connectivity index (χ0v) is 24.9. The highest BCUT2D eigenvalue weighted by Gasteiger charge is 2.45. The quantitative estimate of drug-likeness (QED) is 0.305. The average Bonchev–Trinajstić information content (AvgIpc) is 3.69. The molecule has 0 saturated carbocycles. The largest absolute Gasteiger partial charge is 0.359 e. The van der Waals surface area contributed by atoms with E-state index in [1.54, 1.807) is 35.4 Å². The molecule has 2 aliphatic rings. The summed E-state index contributed by atoms with van der Waals surface area (Å²) in [5.41, 5.74) is 2.36. The van der Waals surface area contributed by atoms with Gasteiger partial charge in [0.15, 0.2) is 11.8 Å². The van der Waals surface area contributed by atoms with E-state index >= 15 is 0 Å². The average molecular weight is 591 g/mol. The van der Waals surface area contributed by atoms with Crippen molar-refractivity contribution in [2.75, 3.05) is 24.5 Å². The van der Waals surface area contributed by atoms with Crippen LogP contribution in [0.1, 0.15) is 44.9 Å². The zero-order valence-electron chi connectivity index (χ0n) is 24.1. The molecule has 42 heavy (non-hydrogen) atoms. The molecule has 11 heteroatoms. The third-order valence-electron chi connectivity index (χ3n) is 8.02. The molecule has 0 aliphatic carbocycles. The Morgan fingerprint density at radius 1 is 1.14 bits per heavy atom. The van der Waals surface area contributed by atoms with E-state index in [2.05, 4.69) is 9.97 Å². The third-order valence-corrected chi connectivity index (χ3v) is 8.31. The Kier molecular flexibility index (Phi) is 7.22. The Hall–Kier alpha value is -3.89. The lowest BCUT2D eigenvalue weighted by molar-refractivity contribution is -0.133. The van der Waals surface area contributed by atoms with Crippen LogP contribution in [0.2, 0.25) is 5.02 Å². The lowest BCUT2D eigenvalue weighted by atomic mass is 10.0. The number of piperazine rings is 1. The first-order chi connectivity index (χ1) is 20.1. The fourth-order valence-corrected chi connectivity index (χ4v) is 6.00. The Morgan fingerprint density at radius 2 is 1.88 bits per heavy atom. The van der Waals surface area contributed by atoms with Gasteiger partial charge in [-0.25, -0.2) is 18.7 Å². The van der Waals surface area contributed by atoms with Gasteiger partial charge in [-0.05, 0) is 56.5 Å². The Morgan fingerprint density at radius 3 is 2.55 bits per heavy atom. The highest BCUT2D eigenvalue weighted by Crippen LogP contribution is 2.36. The van der Waals surface area contributed by atoms with Crippen LogP contribution in [-0.2, 0) is 9.53 Å². The summed E-state index contributed by atoms with van der Waals surface area (Å²) in [5, 5.41) is 0.776. The van der Waals surface area contributed by atoms with Crippen molar-refractivity contribution >= 4 is 34.4 Å². The zero-order chi connectivity index (χ0) is 29.9. The van der Waals surface area contributed by atoms with Gasteiger partial charge in [-0.2, -0.15) is 4.98 Å². The van der Waals surface area contributed by atoms with E-state index in [0.29, 0.717) is 47.9 Å².